The van der Waals surface area contributed by atoms with Crippen molar-refractivity contribution in [2.24, 2.45) is 0 Å². The van der Waals surface area contributed by atoms with Crippen LogP contribution in [-0.4, -0.2) is 29.1 Å². The topological polar surface area (TPSA) is 90.5 Å². The maximum Gasteiger partial charge on any atom is 0.419 e. The van der Waals surface area contributed by atoms with Gasteiger partial charge in [0.1, 0.15) is 5.54 Å². The first-order valence-corrected chi connectivity index (χ1v) is 7.89. The van der Waals surface area contributed by atoms with E-state index in [0.717, 1.165) is 6.42 Å². The number of hydrogen-bond donors (Lipinski definition) is 1. The lowest BCUT2D eigenvalue weighted by Crippen LogP contribution is -2.52. The smallest absolute Gasteiger partial charge is 0.419 e. The van der Waals surface area contributed by atoms with Gasteiger partial charge in [0.2, 0.25) is 5.91 Å². The van der Waals surface area contributed by atoms with Gasteiger partial charge in [0, 0.05) is 13.0 Å². The number of carbonyl (C=O) groups is 2. The summed E-state index contributed by atoms with van der Waals surface area (Å²) in [7, 11) is 1.29. The summed E-state index contributed by atoms with van der Waals surface area (Å²) in [4.78, 5) is 36.0. The van der Waals surface area contributed by atoms with Gasteiger partial charge >= 0.3 is 11.7 Å². The van der Waals surface area contributed by atoms with E-state index < -0.39 is 17.3 Å². The second kappa shape index (κ2) is 7.33. The standard InChI is InChI=1S/C17H22N2O5/c1-4-10-17(2,15(21)23-3)18-14(20)9-11-19-12-7-5-6-8-13(12)24-16(19)22/h5-8H,4,9-11H2,1-3H3,(H,18,20). The van der Waals surface area contributed by atoms with Crippen LogP contribution in [0.4, 0.5) is 0 Å². The van der Waals surface area contributed by atoms with Gasteiger partial charge < -0.3 is 14.5 Å². The molecule has 0 bridgehead atoms. The zero-order chi connectivity index (χ0) is 17.7. The normalized spacial score (nSPS) is 13.5. The summed E-state index contributed by atoms with van der Waals surface area (Å²) < 4.78 is 11.3. The molecule has 2 aromatic rings. The van der Waals surface area contributed by atoms with E-state index in [1.807, 2.05) is 6.92 Å². The third-order valence-electron chi connectivity index (χ3n) is 3.94. The van der Waals surface area contributed by atoms with Crippen LogP contribution in [0.1, 0.15) is 33.1 Å². The van der Waals surface area contributed by atoms with E-state index in [9.17, 15) is 14.4 Å². The van der Waals surface area contributed by atoms with Crippen LogP contribution in [0.25, 0.3) is 11.1 Å². The van der Waals surface area contributed by atoms with E-state index in [4.69, 9.17) is 9.15 Å². The highest BCUT2D eigenvalue weighted by molar-refractivity contribution is 5.87. The molecule has 24 heavy (non-hydrogen) atoms. The lowest BCUT2D eigenvalue weighted by molar-refractivity contribution is -0.150. The summed E-state index contributed by atoms with van der Waals surface area (Å²) in [5.74, 6) is -1.31. The Hall–Kier alpha value is -2.57. The molecule has 0 saturated carbocycles. The molecule has 1 heterocycles. The molecule has 0 spiro atoms. The average molecular weight is 334 g/mol. The third kappa shape index (κ3) is 3.67. The number of fused-ring (bicyclic) bond motifs is 1. The van der Waals surface area contributed by atoms with Gasteiger partial charge in [-0.25, -0.2) is 9.59 Å². The van der Waals surface area contributed by atoms with Gasteiger partial charge in [-0.3, -0.25) is 9.36 Å². The van der Waals surface area contributed by atoms with Gasteiger partial charge in [-0.15, -0.1) is 0 Å². The van der Waals surface area contributed by atoms with Crippen LogP contribution in [0.15, 0.2) is 33.5 Å². The van der Waals surface area contributed by atoms with Crippen LogP contribution in [0.2, 0.25) is 0 Å². The molecule has 1 aromatic heterocycles. The number of para-hydroxylation sites is 2. The molecular weight excluding hydrogens is 312 g/mol. The van der Waals surface area contributed by atoms with Gasteiger partial charge in [0.15, 0.2) is 5.58 Å². The fraction of sp³-hybridized carbons (Fsp3) is 0.471. The molecule has 0 saturated heterocycles. The lowest BCUT2D eigenvalue weighted by Gasteiger charge is -2.27. The second-order valence-corrected chi connectivity index (χ2v) is 5.86. The Bertz CT molecular complexity index is 792. The maximum atomic E-state index is 12.2. The number of carbonyl (C=O) groups excluding carboxylic acids is 2. The molecule has 7 heteroatoms. The number of benzene rings is 1. The number of aryl methyl sites for hydroxylation is 1. The molecule has 7 nitrogen and oxygen atoms in total. The highest BCUT2D eigenvalue weighted by Gasteiger charge is 2.34. The van der Waals surface area contributed by atoms with Crippen molar-refractivity contribution in [1.82, 2.24) is 9.88 Å². The van der Waals surface area contributed by atoms with Crippen LogP contribution < -0.4 is 11.1 Å². The molecule has 1 unspecified atom stereocenters. The quantitative estimate of drug-likeness (QED) is 0.780. The van der Waals surface area contributed by atoms with Crippen molar-refractivity contribution in [1.29, 1.82) is 0 Å². The molecule has 0 fully saturated rings. The zero-order valence-corrected chi connectivity index (χ0v) is 14.1. The molecule has 1 amide bonds. The fourth-order valence-corrected chi connectivity index (χ4v) is 2.75. The molecule has 2 rings (SSSR count). The van der Waals surface area contributed by atoms with E-state index in [-0.39, 0.29) is 18.9 Å². The molecule has 1 N–H and O–H groups in total. The summed E-state index contributed by atoms with van der Waals surface area (Å²) in [5.41, 5.74) is 0.0529. The van der Waals surface area contributed by atoms with Crippen LogP contribution >= 0.6 is 0 Å². The molecule has 0 aliphatic heterocycles. The third-order valence-corrected chi connectivity index (χ3v) is 3.94. The molecular formula is C17H22N2O5. The largest absolute Gasteiger partial charge is 0.467 e. The number of oxazole rings is 1. The fourth-order valence-electron chi connectivity index (χ4n) is 2.75. The molecule has 1 atom stereocenters. The Morgan fingerprint density at radius 3 is 2.71 bits per heavy atom. The van der Waals surface area contributed by atoms with Crippen molar-refractivity contribution in [3.8, 4) is 0 Å². The number of aromatic nitrogens is 1. The van der Waals surface area contributed by atoms with Gasteiger partial charge in [-0.1, -0.05) is 25.5 Å². The molecule has 0 aliphatic carbocycles. The summed E-state index contributed by atoms with van der Waals surface area (Å²) >= 11 is 0. The molecule has 0 aliphatic rings. The maximum absolute atomic E-state index is 12.2. The van der Waals surface area contributed by atoms with Gasteiger partial charge in [-0.05, 0) is 25.5 Å². The van der Waals surface area contributed by atoms with Crippen LogP contribution in [0.5, 0.6) is 0 Å². The molecule has 130 valence electrons. The van der Waals surface area contributed by atoms with Crippen molar-refractivity contribution < 1.29 is 18.7 Å². The number of rotatable bonds is 7. The SMILES string of the molecule is CCCC(C)(NC(=O)CCn1c(=O)oc2ccccc21)C(=O)OC. The summed E-state index contributed by atoms with van der Waals surface area (Å²) in [5, 5.41) is 2.72. The van der Waals surface area contributed by atoms with E-state index >= 15 is 0 Å². The number of esters is 1. The Morgan fingerprint density at radius 2 is 2.04 bits per heavy atom. The van der Waals surface area contributed by atoms with E-state index in [1.165, 1.54) is 11.7 Å². The average Bonchev–Trinajstić information content (AvgIpc) is 2.87. The summed E-state index contributed by atoms with van der Waals surface area (Å²) in [6.07, 6.45) is 1.25. The van der Waals surface area contributed by atoms with Crippen molar-refractivity contribution in [3.63, 3.8) is 0 Å². The highest BCUT2D eigenvalue weighted by atomic mass is 16.5. The first-order chi connectivity index (χ1) is 11.4. The monoisotopic (exact) mass is 334 g/mol. The van der Waals surface area contributed by atoms with E-state index in [1.54, 1.807) is 31.2 Å². The predicted molar refractivity (Wildman–Crippen MR) is 88.6 cm³/mol. The minimum absolute atomic E-state index is 0.0553. The first-order valence-electron chi connectivity index (χ1n) is 7.89. The Balaban J connectivity index is 2.08. The molecule has 1 aromatic carbocycles. The Labute approximate surface area is 139 Å². The van der Waals surface area contributed by atoms with Crippen molar-refractivity contribution in [3.05, 3.63) is 34.8 Å². The first kappa shape index (κ1) is 17.8. The van der Waals surface area contributed by atoms with Gasteiger partial charge in [0.25, 0.3) is 0 Å². The highest BCUT2D eigenvalue weighted by Crippen LogP contribution is 2.15. The minimum Gasteiger partial charge on any atom is -0.467 e. The van der Waals surface area contributed by atoms with Crippen LogP contribution in [0.3, 0.4) is 0 Å². The number of methoxy groups -OCH3 is 1. The summed E-state index contributed by atoms with van der Waals surface area (Å²) in [6.45, 7) is 3.73. The Morgan fingerprint density at radius 1 is 1.33 bits per heavy atom. The number of nitrogens with one attached hydrogen (secondary N) is 1. The van der Waals surface area contributed by atoms with Gasteiger partial charge in [-0.2, -0.15) is 0 Å². The van der Waals surface area contributed by atoms with Crippen molar-refractivity contribution >= 4 is 23.0 Å². The number of nitrogens with zero attached hydrogens (tertiary/aromatic N) is 1. The molecule has 0 radical (unpaired) electrons. The second-order valence-electron chi connectivity index (χ2n) is 5.86. The summed E-state index contributed by atoms with van der Waals surface area (Å²) in [6, 6.07) is 7.02. The van der Waals surface area contributed by atoms with E-state index in [2.05, 4.69) is 5.32 Å². The number of amides is 1. The predicted octanol–water partition coefficient (Wildman–Crippen LogP) is 1.83. The van der Waals surface area contributed by atoms with Crippen LogP contribution in [-0.2, 0) is 20.9 Å². The lowest BCUT2D eigenvalue weighted by atomic mass is 9.96. The van der Waals surface area contributed by atoms with Crippen molar-refractivity contribution in [2.45, 2.75) is 45.2 Å². The number of hydrogen-bond acceptors (Lipinski definition) is 5. The van der Waals surface area contributed by atoms with E-state index in [0.29, 0.717) is 17.5 Å². The Kier molecular flexibility index (Phi) is 5.43. The number of ether oxygens (including phenoxy) is 1. The van der Waals surface area contributed by atoms with Crippen LogP contribution in [0, 0.1) is 0 Å². The minimum atomic E-state index is -1.07. The van der Waals surface area contributed by atoms with Crippen molar-refractivity contribution in [2.75, 3.05) is 7.11 Å². The zero-order valence-electron chi connectivity index (χ0n) is 14.1. The van der Waals surface area contributed by atoms with Gasteiger partial charge in [0.05, 0.1) is 12.6 Å².